The first-order valence-electron chi connectivity index (χ1n) is 5.25. The molecule has 0 amide bonds. The lowest BCUT2D eigenvalue weighted by atomic mass is 10.1. The topological polar surface area (TPSA) is 41.6 Å². The summed E-state index contributed by atoms with van der Waals surface area (Å²) in [4.78, 5) is 4.27. The van der Waals surface area contributed by atoms with Gasteiger partial charge < -0.3 is 0 Å². The van der Waals surface area contributed by atoms with Crippen molar-refractivity contribution in [1.29, 1.82) is 0 Å². The molecule has 78 valence electrons. The molecule has 0 atom stereocenters. The fourth-order valence-corrected chi connectivity index (χ4v) is 1.79. The standard InChI is InChI=1S/C13H11N3/c1-2-6-10(5-1)12-9-13(16-15-12)11-7-3-4-8-14-11/h1-10H,(H,15,16). The molecule has 0 aliphatic heterocycles. The van der Waals surface area contributed by atoms with Crippen molar-refractivity contribution in [2.24, 2.45) is 0 Å². The van der Waals surface area contributed by atoms with Gasteiger partial charge in [0.25, 0.3) is 0 Å². The van der Waals surface area contributed by atoms with Gasteiger partial charge in [-0.15, -0.1) is 0 Å². The Hall–Kier alpha value is -2.16. The zero-order valence-electron chi connectivity index (χ0n) is 8.67. The SMILES string of the molecule is C1=CC(c2cc(-c3ccccn3)n[nH]2)C=C1. The molecule has 3 heteroatoms. The van der Waals surface area contributed by atoms with Gasteiger partial charge in [-0.2, -0.15) is 5.10 Å². The van der Waals surface area contributed by atoms with Crippen molar-refractivity contribution in [2.45, 2.75) is 5.92 Å². The van der Waals surface area contributed by atoms with E-state index in [0.29, 0.717) is 5.92 Å². The van der Waals surface area contributed by atoms with Crippen LogP contribution < -0.4 is 0 Å². The maximum absolute atomic E-state index is 4.28. The van der Waals surface area contributed by atoms with Gasteiger partial charge in [0.1, 0.15) is 5.69 Å². The molecule has 2 heterocycles. The van der Waals surface area contributed by atoms with Crippen LogP contribution in [-0.2, 0) is 0 Å². The van der Waals surface area contributed by atoms with Crippen molar-refractivity contribution in [3.05, 3.63) is 60.5 Å². The molecule has 2 aromatic rings. The molecular formula is C13H11N3. The van der Waals surface area contributed by atoms with E-state index in [1.807, 2.05) is 36.4 Å². The molecule has 3 nitrogen and oxygen atoms in total. The molecule has 2 aromatic heterocycles. The average Bonchev–Trinajstić information content (AvgIpc) is 3.01. The fourth-order valence-electron chi connectivity index (χ4n) is 1.79. The Bertz CT molecular complexity index is 525. The number of H-pyrrole nitrogens is 1. The quantitative estimate of drug-likeness (QED) is 0.826. The second-order valence-electron chi connectivity index (χ2n) is 3.72. The molecule has 0 spiro atoms. The first-order chi connectivity index (χ1) is 7.93. The summed E-state index contributed by atoms with van der Waals surface area (Å²) >= 11 is 0. The van der Waals surface area contributed by atoms with E-state index in [-0.39, 0.29) is 0 Å². The van der Waals surface area contributed by atoms with Gasteiger partial charge in [-0.1, -0.05) is 30.4 Å². The van der Waals surface area contributed by atoms with E-state index in [1.54, 1.807) is 6.20 Å². The third-order valence-electron chi connectivity index (χ3n) is 2.63. The molecule has 0 radical (unpaired) electrons. The molecule has 1 aliphatic carbocycles. The molecule has 0 saturated carbocycles. The molecule has 0 bridgehead atoms. The van der Waals surface area contributed by atoms with Gasteiger partial charge in [-0.3, -0.25) is 10.1 Å². The number of aromatic amines is 1. The Morgan fingerprint density at radius 2 is 1.94 bits per heavy atom. The van der Waals surface area contributed by atoms with Gasteiger partial charge in [0.05, 0.1) is 5.69 Å². The van der Waals surface area contributed by atoms with E-state index in [9.17, 15) is 0 Å². The van der Waals surface area contributed by atoms with Crippen LogP contribution in [0.4, 0.5) is 0 Å². The van der Waals surface area contributed by atoms with Crippen molar-refractivity contribution < 1.29 is 0 Å². The number of nitrogens with one attached hydrogen (secondary N) is 1. The average molecular weight is 209 g/mol. The van der Waals surface area contributed by atoms with Crippen molar-refractivity contribution in [3.8, 4) is 11.4 Å². The van der Waals surface area contributed by atoms with Crippen LogP contribution >= 0.6 is 0 Å². The highest BCUT2D eigenvalue weighted by atomic mass is 15.1. The van der Waals surface area contributed by atoms with Crippen molar-refractivity contribution >= 4 is 0 Å². The second kappa shape index (κ2) is 3.77. The first kappa shape index (κ1) is 9.09. The zero-order valence-corrected chi connectivity index (χ0v) is 8.67. The number of aromatic nitrogens is 3. The largest absolute Gasteiger partial charge is 0.281 e. The van der Waals surface area contributed by atoms with Gasteiger partial charge in [0.15, 0.2) is 0 Å². The fraction of sp³-hybridized carbons (Fsp3) is 0.0769. The van der Waals surface area contributed by atoms with Crippen molar-refractivity contribution in [1.82, 2.24) is 15.2 Å². The summed E-state index contributed by atoms with van der Waals surface area (Å²) in [7, 11) is 0. The van der Waals surface area contributed by atoms with Crippen molar-refractivity contribution in [2.75, 3.05) is 0 Å². The summed E-state index contributed by atoms with van der Waals surface area (Å²) in [6.07, 6.45) is 10.1. The monoisotopic (exact) mass is 209 g/mol. The molecule has 16 heavy (non-hydrogen) atoms. The number of hydrogen-bond acceptors (Lipinski definition) is 2. The summed E-state index contributed by atoms with van der Waals surface area (Å²) in [5, 5.41) is 7.33. The normalized spacial score (nSPS) is 14.8. The van der Waals surface area contributed by atoms with Crippen LogP contribution in [0.5, 0.6) is 0 Å². The van der Waals surface area contributed by atoms with Gasteiger partial charge in [-0.05, 0) is 18.2 Å². The molecule has 0 aromatic carbocycles. The van der Waals surface area contributed by atoms with E-state index in [1.165, 1.54) is 0 Å². The minimum absolute atomic E-state index is 0.324. The predicted octanol–water partition coefficient (Wildman–Crippen LogP) is 2.68. The smallest absolute Gasteiger partial charge is 0.111 e. The third-order valence-corrected chi connectivity index (χ3v) is 2.63. The molecule has 0 saturated heterocycles. The van der Waals surface area contributed by atoms with Gasteiger partial charge in [-0.25, -0.2) is 0 Å². The van der Waals surface area contributed by atoms with Gasteiger partial charge in [0, 0.05) is 17.8 Å². The van der Waals surface area contributed by atoms with Crippen LogP contribution in [0.25, 0.3) is 11.4 Å². The Morgan fingerprint density at radius 1 is 1.06 bits per heavy atom. The summed E-state index contributed by atoms with van der Waals surface area (Å²) in [6.45, 7) is 0. The van der Waals surface area contributed by atoms with Crippen LogP contribution in [0.2, 0.25) is 0 Å². The van der Waals surface area contributed by atoms with Gasteiger partial charge >= 0.3 is 0 Å². The van der Waals surface area contributed by atoms with Crippen molar-refractivity contribution in [3.63, 3.8) is 0 Å². The molecule has 0 fully saturated rings. The van der Waals surface area contributed by atoms with Crippen LogP contribution in [-0.4, -0.2) is 15.2 Å². The number of hydrogen-bond donors (Lipinski definition) is 1. The summed E-state index contributed by atoms with van der Waals surface area (Å²) in [5.41, 5.74) is 2.89. The van der Waals surface area contributed by atoms with E-state index in [2.05, 4.69) is 27.3 Å². The second-order valence-corrected chi connectivity index (χ2v) is 3.72. The summed E-state index contributed by atoms with van der Waals surface area (Å²) in [5.74, 6) is 0.324. The Kier molecular flexibility index (Phi) is 2.14. The maximum atomic E-state index is 4.28. The van der Waals surface area contributed by atoms with E-state index < -0.39 is 0 Å². The summed E-state index contributed by atoms with van der Waals surface area (Å²) in [6, 6.07) is 7.87. The van der Waals surface area contributed by atoms with Gasteiger partial charge in [0.2, 0.25) is 0 Å². The highest BCUT2D eigenvalue weighted by molar-refractivity contribution is 5.54. The Balaban J connectivity index is 1.94. The van der Waals surface area contributed by atoms with Crippen LogP contribution in [0.15, 0.2) is 54.8 Å². The maximum Gasteiger partial charge on any atom is 0.111 e. The summed E-state index contributed by atoms with van der Waals surface area (Å²) < 4.78 is 0. The predicted molar refractivity (Wildman–Crippen MR) is 62.8 cm³/mol. The lowest BCUT2D eigenvalue weighted by Gasteiger charge is -1.98. The Labute approximate surface area is 93.5 Å². The lowest BCUT2D eigenvalue weighted by Crippen LogP contribution is -1.87. The number of pyridine rings is 1. The highest BCUT2D eigenvalue weighted by Gasteiger charge is 2.11. The first-order valence-corrected chi connectivity index (χ1v) is 5.25. The molecular weight excluding hydrogens is 198 g/mol. The minimum atomic E-state index is 0.324. The molecule has 1 aliphatic rings. The number of nitrogens with zero attached hydrogens (tertiary/aromatic N) is 2. The van der Waals surface area contributed by atoms with E-state index >= 15 is 0 Å². The van der Waals surface area contributed by atoms with Crippen LogP contribution in [0.1, 0.15) is 11.6 Å². The number of allylic oxidation sites excluding steroid dienone is 4. The third kappa shape index (κ3) is 1.56. The zero-order chi connectivity index (χ0) is 10.8. The highest BCUT2D eigenvalue weighted by Crippen LogP contribution is 2.24. The van der Waals surface area contributed by atoms with E-state index in [4.69, 9.17) is 0 Å². The lowest BCUT2D eigenvalue weighted by molar-refractivity contribution is 0.955. The van der Waals surface area contributed by atoms with E-state index in [0.717, 1.165) is 17.1 Å². The number of rotatable bonds is 2. The molecule has 0 unspecified atom stereocenters. The Morgan fingerprint density at radius 3 is 2.69 bits per heavy atom. The van der Waals surface area contributed by atoms with Crippen LogP contribution in [0, 0.1) is 0 Å². The van der Waals surface area contributed by atoms with Crippen LogP contribution in [0.3, 0.4) is 0 Å². The molecule has 1 N–H and O–H groups in total. The minimum Gasteiger partial charge on any atom is -0.281 e. The molecule has 3 rings (SSSR count).